The molecule has 0 saturated heterocycles. The van der Waals surface area contributed by atoms with Gasteiger partial charge in [-0.2, -0.15) is 0 Å². The van der Waals surface area contributed by atoms with Crippen molar-refractivity contribution in [2.45, 2.75) is 33.7 Å². The number of halogens is 1. The van der Waals surface area contributed by atoms with Crippen molar-refractivity contribution in [3.05, 3.63) is 28.8 Å². The Balaban J connectivity index is 2.85. The molecule has 0 heterocycles. The van der Waals surface area contributed by atoms with Gasteiger partial charge in [-0.25, -0.2) is 0 Å². The Morgan fingerprint density at radius 2 is 2.10 bits per heavy atom. The highest BCUT2D eigenvalue weighted by molar-refractivity contribution is 6.31. The summed E-state index contributed by atoms with van der Waals surface area (Å²) in [6.45, 7) is 10.3. The lowest BCUT2D eigenvalue weighted by molar-refractivity contribution is 0.289. The van der Waals surface area contributed by atoms with Gasteiger partial charge in [0.25, 0.3) is 0 Å². The number of hydrogen-bond donors (Lipinski definition) is 2. The zero-order valence-electron chi connectivity index (χ0n) is 12.8. The van der Waals surface area contributed by atoms with Gasteiger partial charge in [0.15, 0.2) is 0 Å². The van der Waals surface area contributed by atoms with Crippen molar-refractivity contribution >= 4 is 17.3 Å². The number of nitrogens with one attached hydrogen (secondary N) is 1. The molecule has 1 aromatic carbocycles. The van der Waals surface area contributed by atoms with Crippen LogP contribution in [0.25, 0.3) is 0 Å². The highest BCUT2D eigenvalue weighted by Gasteiger charge is 2.12. The fraction of sp³-hybridized carbons (Fsp3) is 0.625. The third kappa shape index (κ3) is 5.31. The van der Waals surface area contributed by atoms with E-state index in [2.05, 4.69) is 37.1 Å². The summed E-state index contributed by atoms with van der Waals surface area (Å²) in [7, 11) is 0. The van der Waals surface area contributed by atoms with E-state index >= 15 is 0 Å². The molecule has 1 rings (SSSR count). The number of anilines is 1. The van der Waals surface area contributed by atoms with Gasteiger partial charge in [0, 0.05) is 42.5 Å². The molecule has 0 aliphatic heterocycles. The summed E-state index contributed by atoms with van der Waals surface area (Å²) in [5.41, 5.74) is 2.32. The topological polar surface area (TPSA) is 35.5 Å². The zero-order chi connectivity index (χ0) is 15.0. The standard InChI is InChI=1S/C16H27ClN2O/c1-4-19(9-6-10-20)16-8-5-7-15(17)14(16)12-18-11-13(2)3/h5,7-8,13,18,20H,4,6,9-12H2,1-3H3. The van der Waals surface area contributed by atoms with Gasteiger partial charge in [-0.3, -0.25) is 0 Å². The second-order valence-corrected chi connectivity index (χ2v) is 5.83. The van der Waals surface area contributed by atoms with Gasteiger partial charge in [-0.15, -0.1) is 0 Å². The molecule has 0 radical (unpaired) electrons. The molecule has 4 heteroatoms. The van der Waals surface area contributed by atoms with E-state index in [1.54, 1.807) is 0 Å². The minimum atomic E-state index is 0.220. The Labute approximate surface area is 127 Å². The molecule has 1 aromatic rings. The Hall–Kier alpha value is -0.770. The van der Waals surface area contributed by atoms with Crippen LogP contribution in [0.3, 0.4) is 0 Å². The minimum Gasteiger partial charge on any atom is -0.396 e. The lowest BCUT2D eigenvalue weighted by Gasteiger charge is -2.26. The van der Waals surface area contributed by atoms with Crippen molar-refractivity contribution in [3.8, 4) is 0 Å². The first-order valence-electron chi connectivity index (χ1n) is 7.44. The SMILES string of the molecule is CCN(CCCO)c1cccc(Cl)c1CNCC(C)C. The predicted octanol–water partition coefficient (Wildman–Crippen LogP) is 3.29. The minimum absolute atomic E-state index is 0.220. The van der Waals surface area contributed by atoms with Gasteiger partial charge in [0.05, 0.1) is 0 Å². The first-order chi connectivity index (χ1) is 9.60. The van der Waals surface area contributed by atoms with Crippen LogP contribution >= 0.6 is 11.6 Å². The van der Waals surface area contributed by atoms with Gasteiger partial charge in [0.1, 0.15) is 0 Å². The van der Waals surface area contributed by atoms with Crippen molar-refractivity contribution in [3.63, 3.8) is 0 Å². The van der Waals surface area contributed by atoms with Crippen LogP contribution in [-0.2, 0) is 6.54 Å². The number of aliphatic hydroxyl groups is 1. The Kier molecular flexibility index (Phi) is 7.97. The van der Waals surface area contributed by atoms with E-state index in [9.17, 15) is 0 Å². The average Bonchev–Trinajstić information content (AvgIpc) is 2.42. The van der Waals surface area contributed by atoms with Crippen LogP contribution in [0.15, 0.2) is 18.2 Å². The van der Waals surface area contributed by atoms with Gasteiger partial charge < -0.3 is 15.3 Å². The summed E-state index contributed by atoms with van der Waals surface area (Å²) in [5, 5.41) is 13.3. The van der Waals surface area contributed by atoms with Crippen LogP contribution in [0.4, 0.5) is 5.69 Å². The van der Waals surface area contributed by atoms with E-state index in [1.165, 1.54) is 5.69 Å². The molecule has 0 fully saturated rings. The molecular formula is C16H27ClN2O. The molecule has 20 heavy (non-hydrogen) atoms. The van der Waals surface area contributed by atoms with Crippen LogP contribution in [-0.4, -0.2) is 31.3 Å². The van der Waals surface area contributed by atoms with Gasteiger partial charge >= 0.3 is 0 Å². The van der Waals surface area contributed by atoms with Crippen LogP contribution in [0, 0.1) is 5.92 Å². The van der Waals surface area contributed by atoms with Gasteiger partial charge in [-0.05, 0) is 37.9 Å². The van der Waals surface area contributed by atoms with Crippen molar-refractivity contribution in [1.29, 1.82) is 0 Å². The van der Waals surface area contributed by atoms with E-state index < -0.39 is 0 Å². The largest absolute Gasteiger partial charge is 0.396 e. The van der Waals surface area contributed by atoms with Crippen LogP contribution in [0.1, 0.15) is 32.8 Å². The number of hydrogen-bond acceptors (Lipinski definition) is 3. The molecule has 0 atom stereocenters. The molecule has 114 valence electrons. The van der Waals surface area contributed by atoms with Crippen LogP contribution in [0.2, 0.25) is 5.02 Å². The fourth-order valence-corrected chi connectivity index (χ4v) is 2.45. The van der Waals surface area contributed by atoms with E-state index in [4.69, 9.17) is 16.7 Å². The summed E-state index contributed by atoms with van der Waals surface area (Å²) in [6.07, 6.45) is 0.777. The van der Waals surface area contributed by atoms with Crippen molar-refractivity contribution < 1.29 is 5.11 Å². The first kappa shape index (κ1) is 17.3. The first-order valence-corrected chi connectivity index (χ1v) is 7.81. The van der Waals surface area contributed by atoms with Gasteiger partial charge in [0.2, 0.25) is 0 Å². The van der Waals surface area contributed by atoms with E-state index in [0.717, 1.165) is 43.2 Å². The van der Waals surface area contributed by atoms with E-state index in [0.29, 0.717) is 5.92 Å². The summed E-state index contributed by atoms with van der Waals surface area (Å²) in [5.74, 6) is 0.623. The number of rotatable bonds is 9. The Bertz CT molecular complexity index is 396. The molecule has 0 amide bonds. The highest BCUT2D eigenvalue weighted by Crippen LogP contribution is 2.27. The quantitative estimate of drug-likeness (QED) is 0.734. The van der Waals surface area contributed by atoms with Crippen molar-refractivity contribution in [2.24, 2.45) is 5.92 Å². The number of benzene rings is 1. The lowest BCUT2D eigenvalue weighted by Crippen LogP contribution is -2.27. The Morgan fingerprint density at radius 3 is 2.70 bits per heavy atom. The van der Waals surface area contributed by atoms with Gasteiger partial charge in [-0.1, -0.05) is 31.5 Å². The monoisotopic (exact) mass is 298 g/mol. The molecule has 0 aliphatic carbocycles. The maximum atomic E-state index is 9.02. The van der Waals surface area contributed by atoms with E-state index in [-0.39, 0.29) is 6.61 Å². The maximum Gasteiger partial charge on any atom is 0.0471 e. The summed E-state index contributed by atoms with van der Waals surface area (Å²) < 4.78 is 0. The van der Waals surface area contributed by atoms with Crippen LogP contribution < -0.4 is 10.2 Å². The van der Waals surface area contributed by atoms with E-state index in [1.807, 2.05) is 12.1 Å². The smallest absolute Gasteiger partial charge is 0.0471 e. The molecule has 0 unspecified atom stereocenters. The summed E-state index contributed by atoms with van der Waals surface area (Å²) >= 11 is 6.36. The predicted molar refractivity (Wildman–Crippen MR) is 87.6 cm³/mol. The molecule has 2 N–H and O–H groups in total. The average molecular weight is 299 g/mol. The fourth-order valence-electron chi connectivity index (χ4n) is 2.21. The number of aliphatic hydroxyl groups excluding tert-OH is 1. The second-order valence-electron chi connectivity index (χ2n) is 5.42. The summed E-state index contributed by atoms with van der Waals surface area (Å²) in [4.78, 5) is 2.27. The van der Waals surface area contributed by atoms with Crippen LogP contribution in [0.5, 0.6) is 0 Å². The molecule has 0 saturated carbocycles. The lowest BCUT2D eigenvalue weighted by atomic mass is 10.1. The third-order valence-corrected chi connectivity index (χ3v) is 3.61. The Morgan fingerprint density at radius 1 is 1.35 bits per heavy atom. The molecule has 0 bridgehead atoms. The molecule has 3 nitrogen and oxygen atoms in total. The molecule has 0 aliphatic rings. The summed E-state index contributed by atoms with van der Waals surface area (Å²) in [6, 6.07) is 6.04. The highest BCUT2D eigenvalue weighted by atomic mass is 35.5. The molecule has 0 aromatic heterocycles. The molecular weight excluding hydrogens is 272 g/mol. The normalized spacial score (nSPS) is 11.1. The number of nitrogens with zero attached hydrogens (tertiary/aromatic N) is 1. The molecule has 0 spiro atoms. The third-order valence-electron chi connectivity index (χ3n) is 3.26. The maximum absolute atomic E-state index is 9.02. The van der Waals surface area contributed by atoms with Crippen molar-refractivity contribution in [1.82, 2.24) is 5.32 Å². The second kappa shape index (κ2) is 9.22. The zero-order valence-corrected chi connectivity index (χ0v) is 13.6. The van der Waals surface area contributed by atoms with Crippen molar-refractivity contribution in [2.75, 3.05) is 31.1 Å².